The van der Waals surface area contributed by atoms with Crippen LogP contribution in [-0.4, -0.2) is 25.4 Å². The molecule has 1 N–H and O–H groups in total. The quantitative estimate of drug-likeness (QED) is 0.723. The van der Waals surface area contributed by atoms with Crippen LogP contribution in [0.3, 0.4) is 0 Å². The third kappa shape index (κ3) is 4.12. The van der Waals surface area contributed by atoms with E-state index in [2.05, 4.69) is 5.32 Å². The highest BCUT2D eigenvalue weighted by atomic mass is 32.2. The Kier molecular flexibility index (Phi) is 5.09. The Labute approximate surface area is 152 Å². The molecule has 26 heavy (non-hydrogen) atoms. The van der Waals surface area contributed by atoms with E-state index in [0.29, 0.717) is 22.6 Å². The minimum Gasteiger partial charge on any atom is -0.497 e. The van der Waals surface area contributed by atoms with Crippen molar-refractivity contribution in [3.8, 4) is 5.75 Å². The molecule has 6 nitrogen and oxygen atoms in total. The van der Waals surface area contributed by atoms with Gasteiger partial charge in [0.05, 0.1) is 18.6 Å². The third-order valence-corrected chi connectivity index (χ3v) is 5.34. The monoisotopic (exact) mass is 370 g/mol. The van der Waals surface area contributed by atoms with Gasteiger partial charge in [0.2, 0.25) is 10.0 Å². The number of carbonyl (C=O) groups is 1. The van der Waals surface area contributed by atoms with Crippen molar-refractivity contribution in [2.24, 2.45) is 0 Å². The van der Waals surface area contributed by atoms with Gasteiger partial charge in [0.1, 0.15) is 5.75 Å². The largest absolute Gasteiger partial charge is 0.497 e. The average Bonchev–Trinajstić information content (AvgIpc) is 3.12. The maximum absolute atomic E-state index is 12.5. The minimum atomic E-state index is -3.56. The number of benzene rings is 2. The zero-order valence-corrected chi connectivity index (χ0v) is 14.9. The van der Waals surface area contributed by atoms with Crippen LogP contribution in [0.4, 0.5) is 5.69 Å². The number of hydrogen-bond acceptors (Lipinski definition) is 4. The van der Waals surface area contributed by atoms with Gasteiger partial charge in [-0.25, -0.2) is 8.42 Å². The lowest BCUT2D eigenvalue weighted by Gasteiger charge is -2.06. The fraction of sp³-hybridized carbons (Fsp3) is 0.105. The Morgan fingerprint density at radius 3 is 2.58 bits per heavy atom. The van der Waals surface area contributed by atoms with Crippen molar-refractivity contribution in [2.75, 3.05) is 12.4 Å². The summed E-state index contributed by atoms with van der Waals surface area (Å²) < 4.78 is 31.2. The normalized spacial score (nSPS) is 11.1. The lowest BCUT2D eigenvalue weighted by atomic mass is 10.2. The first kappa shape index (κ1) is 17.8. The molecule has 3 rings (SSSR count). The molecule has 0 atom stereocenters. The zero-order chi connectivity index (χ0) is 18.6. The second-order valence-corrected chi connectivity index (χ2v) is 7.53. The van der Waals surface area contributed by atoms with Crippen LogP contribution in [0, 0.1) is 0 Å². The predicted molar refractivity (Wildman–Crippen MR) is 99.8 cm³/mol. The number of carbonyl (C=O) groups excluding carboxylic acids is 1. The van der Waals surface area contributed by atoms with Gasteiger partial charge < -0.3 is 10.1 Å². The van der Waals surface area contributed by atoms with Gasteiger partial charge in [-0.15, -0.1) is 0 Å². The topological polar surface area (TPSA) is 77.4 Å². The molecule has 0 aliphatic rings. The molecule has 0 bridgehead atoms. The maximum Gasteiger partial charge on any atom is 0.255 e. The summed E-state index contributed by atoms with van der Waals surface area (Å²) in [5, 5.41) is 2.69. The molecule has 2 aromatic carbocycles. The van der Waals surface area contributed by atoms with Crippen LogP contribution >= 0.6 is 0 Å². The van der Waals surface area contributed by atoms with E-state index in [1.165, 1.54) is 19.5 Å². The van der Waals surface area contributed by atoms with Crippen LogP contribution in [0.5, 0.6) is 5.75 Å². The van der Waals surface area contributed by atoms with Gasteiger partial charge in [0.25, 0.3) is 5.91 Å². The third-order valence-electron chi connectivity index (χ3n) is 3.77. The number of rotatable bonds is 6. The molecule has 3 aromatic rings. The van der Waals surface area contributed by atoms with E-state index < -0.39 is 10.0 Å². The van der Waals surface area contributed by atoms with E-state index in [0.717, 1.165) is 3.97 Å². The summed E-state index contributed by atoms with van der Waals surface area (Å²) in [7, 11) is -2.04. The van der Waals surface area contributed by atoms with Crippen molar-refractivity contribution in [3.05, 3.63) is 84.2 Å². The van der Waals surface area contributed by atoms with Crippen LogP contribution in [0.1, 0.15) is 15.9 Å². The van der Waals surface area contributed by atoms with E-state index in [1.807, 2.05) is 6.07 Å². The molecular weight excluding hydrogens is 352 g/mol. The van der Waals surface area contributed by atoms with Crippen molar-refractivity contribution in [3.63, 3.8) is 0 Å². The van der Waals surface area contributed by atoms with Crippen molar-refractivity contribution in [2.45, 2.75) is 5.75 Å². The molecule has 0 radical (unpaired) electrons. The molecule has 1 heterocycles. The highest BCUT2D eigenvalue weighted by Gasteiger charge is 2.15. The number of nitrogens with zero attached hydrogens (tertiary/aromatic N) is 1. The Bertz CT molecular complexity index is 1010. The van der Waals surface area contributed by atoms with E-state index in [4.69, 9.17) is 4.74 Å². The highest BCUT2D eigenvalue weighted by Crippen LogP contribution is 2.17. The first-order valence-corrected chi connectivity index (χ1v) is 9.49. The summed E-state index contributed by atoms with van der Waals surface area (Å²) in [5.74, 6) is 0.106. The Hall–Kier alpha value is -3.06. The maximum atomic E-state index is 12.5. The number of aromatic nitrogens is 1. The van der Waals surface area contributed by atoms with Gasteiger partial charge in [0.15, 0.2) is 0 Å². The Balaban J connectivity index is 1.74. The Morgan fingerprint density at radius 2 is 1.85 bits per heavy atom. The van der Waals surface area contributed by atoms with Gasteiger partial charge in [-0.1, -0.05) is 36.4 Å². The van der Waals surface area contributed by atoms with Crippen LogP contribution in [0.25, 0.3) is 0 Å². The second kappa shape index (κ2) is 7.45. The van der Waals surface area contributed by atoms with E-state index in [1.54, 1.807) is 54.6 Å². The molecule has 1 amide bonds. The Morgan fingerprint density at radius 1 is 1.08 bits per heavy atom. The smallest absolute Gasteiger partial charge is 0.255 e. The molecule has 134 valence electrons. The number of methoxy groups -OCH3 is 1. The number of hydrogen-bond donors (Lipinski definition) is 1. The molecule has 0 spiro atoms. The molecule has 0 aliphatic heterocycles. The van der Waals surface area contributed by atoms with Gasteiger partial charge in [-0.05, 0) is 29.8 Å². The fourth-order valence-electron chi connectivity index (χ4n) is 2.45. The van der Waals surface area contributed by atoms with Gasteiger partial charge in [0, 0.05) is 18.0 Å². The number of anilines is 1. The lowest BCUT2D eigenvalue weighted by Crippen LogP contribution is -2.14. The van der Waals surface area contributed by atoms with Crippen molar-refractivity contribution in [1.82, 2.24) is 3.97 Å². The van der Waals surface area contributed by atoms with E-state index in [9.17, 15) is 13.2 Å². The molecule has 7 heteroatoms. The molecule has 0 saturated heterocycles. The summed E-state index contributed by atoms with van der Waals surface area (Å²) in [6, 6.07) is 17.2. The molecule has 0 saturated carbocycles. The molecular formula is C19H18N2O4S. The molecule has 0 aliphatic carbocycles. The zero-order valence-electron chi connectivity index (χ0n) is 14.1. The number of nitrogens with one attached hydrogen (secondary N) is 1. The molecule has 1 aromatic heterocycles. The average molecular weight is 370 g/mol. The summed E-state index contributed by atoms with van der Waals surface area (Å²) >= 11 is 0. The number of amides is 1. The van der Waals surface area contributed by atoms with E-state index in [-0.39, 0.29) is 11.7 Å². The summed E-state index contributed by atoms with van der Waals surface area (Å²) in [6.07, 6.45) is 2.80. The summed E-state index contributed by atoms with van der Waals surface area (Å²) in [5.41, 5.74) is 1.52. The van der Waals surface area contributed by atoms with Crippen molar-refractivity contribution < 1.29 is 17.9 Å². The minimum absolute atomic E-state index is 0.119. The highest BCUT2D eigenvalue weighted by molar-refractivity contribution is 7.89. The first-order valence-electron chi connectivity index (χ1n) is 7.88. The van der Waals surface area contributed by atoms with Gasteiger partial charge in [-0.2, -0.15) is 0 Å². The van der Waals surface area contributed by atoms with Crippen LogP contribution in [0.15, 0.2) is 73.1 Å². The van der Waals surface area contributed by atoms with E-state index >= 15 is 0 Å². The van der Waals surface area contributed by atoms with Gasteiger partial charge in [-0.3, -0.25) is 8.77 Å². The molecule has 0 unspecified atom stereocenters. The van der Waals surface area contributed by atoms with Crippen molar-refractivity contribution in [1.29, 1.82) is 0 Å². The van der Waals surface area contributed by atoms with Crippen molar-refractivity contribution >= 4 is 21.6 Å². The summed E-state index contributed by atoms with van der Waals surface area (Å²) in [4.78, 5) is 12.3. The van der Waals surface area contributed by atoms with Gasteiger partial charge >= 0.3 is 0 Å². The number of ether oxygens (including phenoxy) is 1. The SMILES string of the molecule is COc1cccc(C(=O)Nc2ccn(S(=O)(=O)Cc3ccccc3)c2)c1. The second-order valence-electron chi connectivity index (χ2n) is 5.66. The fourth-order valence-corrected chi connectivity index (χ4v) is 3.73. The lowest BCUT2D eigenvalue weighted by molar-refractivity contribution is 0.102. The van der Waals surface area contributed by atoms with Crippen LogP contribution in [0.2, 0.25) is 0 Å². The van der Waals surface area contributed by atoms with Crippen LogP contribution < -0.4 is 10.1 Å². The first-order chi connectivity index (χ1) is 12.5. The summed E-state index contributed by atoms with van der Waals surface area (Å²) in [6.45, 7) is 0. The predicted octanol–water partition coefficient (Wildman–Crippen LogP) is 3.13. The molecule has 0 fully saturated rings. The van der Waals surface area contributed by atoms with Crippen LogP contribution in [-0.2, 0) is 15.8 Å². The standard InChI is InChI=1S/C19H18N2O4S/c1-25-18-9-5-8-16(12-18)19(22)20-17-10-11-21(13-17)26(23,24)14-15-6-3-2-4-7-15/h2-13H,14H2,1H3,(H,20,22).